The molecule has 0 aliphatic rings. The molecule has 0 spiro atoms. The first-order chi connectivity index (χ1) is 6.37. The third-order valence-electron chi connectivity index (χ3n) is 2.14. The molecule has 84 valence electrons. The standard InChI is InChI=1S/C11H24N2O/c1-6-8-11(2,3)12-10(14)7-9-13(4)5/h6-9H2,1-5H3,(H,12,14). The fraction of sp³-hybridized carbons (Fsp3) is 0.909. The summed E-state index contributed by atoms with van der Waals surface area (Å²) in [5, 5.41) is 3.05. The van der Waals surface area contributed by atoms with Crippen molar-refractivity contribution in [2.24, 2.45) is 0 Å². The van der Waals surface area contributed by atoms with E-state index >= 15 is 0 Å². The molecule has 0 aliphatic carbocycles. The van der Waals surface area contributed by atoms with E-state index < -0.39 is 0 Å². The number of nitrogens with zero attached hydrogens (tertiary/aromatic N) is 1. The molecular formula is C11H24N2O. The average molecular weight is 200 g/mol. The number of carbonyl (C=O) groups excluding carboxylic acids is 1. The highest BCUT2D eigenvalue weighted by atomic mass is 16.1. The van der Waals surface area contributed by atoms with Crippen molar-refractivity contribution in [1.29, 1.82) is 0 Å². The topological polar surface area (TPSA) is 32.3 Å². The van der Waals surface area contributed by atoms with Gasteiger partial charge < -0.3 is 10.2 Å². The highest BCUT2D eigenvalue weighted by Gasteiger charge is 2.18. The first-order valence-corrected chi connectivity index (χ1v) is 5.33. The third-order valence-corrected chi connectivity index (χ3v) is 2.14. The lowest BCUT2D eigenvalue weighted by Gasteiger charge is -2.26. The first kappa shape index (κ1) is 13.4. The zero-order chi connectivity index (χ0) is 11.2. The summed E-state index contributed by atoms with van der Waals surface area (Å²) in [7, 11) is 3.95. The lowest BCUT2D eigenvalue weighted by molar-refractivity contribution is -0.123. The number of nitrogens with one attached hydrogen (secondary N) is 1. The van der Waals surface area contributed by atoms with Gasteiger partial charge in [-0.2, -0.15) is 0 Å². The maximum atomic E-state index is 11.5. The zero-order valence-electron chi connectivity index (χ0n) is 10.2. The van der Waals surface area contributed by atoms with Crippen molar-refractivity contribution < 1.29 is 4.79 Å². The molecule has 3 nitrogen and oxygen atoms in total. The number of rotatable bonds is 6. The Balaban J connectivity index is 3.81. The molecule has 0 aliphatic heterocycles. The summed E-state index contributed by atoms with van der Waals surface area (Å²) in [4.78, 5) is 13.5. The van der Waals surface area contributed by atoms with Crippen LogP contribution in [-0.4, -0.2) is 37.0 Å². The molecule has 0 radical (unpaired) electrons. The predicted octanol–water partition coefficient (Wildman–Crippen LogP) is 1.63. The van der Waals surface area contributed by atoms with Crippen LogP contribution in [0.2, 0.25) is 0 Å². The van der Waals surface area contributed by atoms with Gasteiger partial charge in [0.1, 0.15) is 0 Å². The van der Waals surface area contributed by atoms with Crippen molar-refractivity contribution in [2.75, 3.05) is 20.6 Å². The largest absolute Gasteiger partial charge is 0.351 e. The van der Waals surface area contributed by atoms with Crippen LogP contribution in [0.4, 0.5) is 0 Å². The van der Waals surface area contributed by atoms with Crippen LogP contribution >= 0.6 is 0 Å². The third kappa shape index (κ3) is 6.89. The molecule has 0 fully saturated rings. The molecule has 0 saturated carbocycles. The van der Waals surface area contributed by atoms with Crippen molar-refractivity contribution in [3.8, 4) is 0 Å². The minimum Gasteiger partial charge on any atom is -0.351 e. The van der Waals surface area contributed by atoms with E-state index in [9.17, 15) is 4.79 Å². The molecule has 0 unspecified atom stereocenters. The summed E-state index contributed by atoms with van der Waals surface area (Å²) >= 11 is 0. The normalized spacial score (nSPS) is 11.9. The summed E-state index contributed by atoms with van der Waals surface area (Å²) in [6.07, 6.45) is 2.71. The summed E-state index contributed by atoms with van der Waals surface area (Å²) in [6.45, 7) is 7.09. The molecule has 0 aromatic carbocycles. The lowest BCUT2D eigenvalue weighted by atomic mass is 9.99. The SMILES string of the molecule is CCCC(C)(C)NC(=O)CCN(C)C. The Hall–Kier alpha value is -0.570. The first-order valence-electron chi connectivity index (χ1n) is 5.33. The van der Waals surface area contributed by atoms with Gasteiger partial charge in [0.15, 0.2) is 0 Å². The molecule has 0 atom stereocenters. The van der Waals surface area contributed by atoms with Gasteiger partial charge in [0.05, 0.1) is 0 Å². The fourth-order valence-corrected chi connectivity index (χ4v) is 1.45. The molecule has 0 rings (SSSR count). The van der Waals surface area contributed by atoms with Crippen LogP contribution in [-0.2, 0) is 4.79 Å². The highest BCUT2D eigenvalue weighted by molar-refractivity contribution is 5.76. The van der Waals surface area contributed by atoms with Crippen LogP contribution in [0.25, 0.3) is 0 Å². The summed E-state index contributed by atoms with van der Waals surface area (Å²) in [5.41, 5.74) is -0.0574. The summed E-state index contributed by atoms with van der Waals surface area (Å²) in [5.74, 6) is 0.150. The Morgan fingerprint density at radius 1 is 1.36 bits per heavy atom. The van der Waals surface area contributed by atoms with Gasteiger partial charge in [-0.3, -0.25) is 4.79 Å². The van der Waals surface area contributed by atoms with Gasteiger partial charge >= 0.3 is 0 Å². The Bertz CT molecular complexity index is 176. The van der Waals surface area contributed by atoms with E-state index in [0.29, 0.717) is 6.42 Å². The molecule has 0 aromatic heterocycles. The van der Waals surface area contributed by atoms with Gasteiger partial charge in [-0.15, -0.1) is 0 Å². The van der Waals surface area contributed by atoms with Crippen LogP contribution in [0.5, 0.6) is 0 Å². The predicted molar refractivity (Wildman–Crippen MR) is 60.3 cm³/mol. The second-order valence-corrected chi connectivity index (χ2v) is 4.74. The van der Waals surface area contributed by atoms with Crippen LogP contribution in [0, 0.1) is 0 Å². The Morgan fingerprint density at radius 2 is 1.93 bits per heavy atom. The van der Waals surface area contributed by atoms with Gasteiger partial charge in [0.2, 0.25) is 5.91 Å². The summed E-state index contributed by atoms with van der Waals surface area (Å²) in [6, 6.07) is 0. The van der Waals surface area contributed by atoms with E-state index in [0.717, 1.165) is 19.4 Å². The van der Waals surface area contributed by atoms with Crippen molar-refractivity contribution in [2.45, 2.75) is 45.6 Å². The maximum absolute atomic E-state index is 11.5. The Morgan fingerprint density at radius 3 is 2.36 bits per heavy atom. The molecule has 0 bridgehead atoms. The Labute approximate surface area is 87.9 Å². The molecule has 1 N–H and O–H groups in total. The number of carbonyl (C=O) groups is 1. The molecular weight excluding hydrogens is 176 g/mol. The van der Waals surface area contributed by atoms with Crippen molar-refractivity contribution >= 4 is 5.91 Å². The van der Waals surface area contributed by atoms with Crippen LogP contribution < -0.4 is 5.32 Å². The second kappa shape index (κ2) is 6.02. The number of hydrogen-bond donors (Lipinski definition) is 1. The monoisotopic (exact) mass is 200 g/mol. The smallest absolute Gasteiger partial charge is 0.221 e. The molecule has 14 heavy (non-hydrogen) atoms. The van der Waals surface area contributed by atoms with Gasteiger partial charge in [-0.05, 0) is 34.4 Å². The van der Waals surface area contributed by atoms with E-state index in [1.807, 2.05) is 19.0 Å². The molecule has 3 heteroatoms. The minimum absolute atomic E-state index is 0.0574. The average Bonchev–Trinajstić information content (AvgIpc) is 1.99. The van der Waals surface area contributed by atoms with Crippen LogP contribution in [0.1, 0.15) is 40.0 Å². The van der Waals surface area contributed by atoms with Crippen LogP contribution in [0.15, 0.2) is 0 Å². The molecule has 0 heterocycles. The molecule has 1 amide bonds. The van der Waals surface area contributed by atoms with Crippen molar-refractivity contribution in [3.05, 3.63) is 0 Å². The number of amides is 1. The van der Waals surface area contributed by atoms with Gasteiger partial charge in [-0.25, -0.2) is 0 Å². The lowest BCUT2D eigenvalue weighted by Crippen LogP contribution is -2.43. The second-order valence-electron chi connectivity index (χ2n) is 4.74. The van der Waals surface area contributed by atoms with Gasteiger partial charge in [-0.1, -0.05) is 13.3 Å². The minimum atomic E-state index is -0.0574. The Kier molecular flexibility index (Phi) is 5.77. The highest BCUT2D eigenvalue weighted by Crippen LogP contribution is 2.10. The van der Waals surface area contributed by atoms with Crippen molar-refractivity contribution in [1.82, 2.24) is 10.2 Å². The fourth-order valence-electron chi connectivity index (χ4n) is 1.45. The number of hydrogen-bond acceptors (Lipinski definition) is 2. The van der Waals surface area contributed by atoms with E-state index in [4.69, 9.17) is 0 Å². The van der Waals surface area contributed by atoms with Gasteiger partial charge in [0.25, 0.3) is 0 Å². The quantitative estimate of drug-likeness (QED) is 0.707. The van der Waals surface area contributed by atoms with E-state index in [-0.39, 0.29) is 11.4 Å². The van der Waals surface area contributed by atoms with E-state index in [2.05, 4.69) is 26.1 Å². The van der Waals surface area contributed by atoms with Crippen molar-refractivity contribution in [3.63, 3.8) is 0 Å². The van der Waals surface area contributed by atoms with Crippen LogP contribution in [0.3, 0.4) is 0 Å². The van der Waals surface area contributed by atoms with Gasteiger partial charge in [0, 0.05) is 18.5 Å². The van der Waals surface area contributed by atoms with E-state index in [1.165, 1.54) is 0 Å². The zero-order valence-corrected chi connectivity index (χ0v) is 10.2. The van der Waals surface area contributed by atoms with E-state index in [1.54, 1.807) is 0 Å². The summed E-state index contributed by atoms with van der Waals surface area (Å²) < 4.78 is 0. The molecule has 0 aromatic rings. The maximum Gasteiger partial charge on any atom is 0.221 e. The molecule has 0 saturated heterocycles.